The molecule has 0 aromatic heterocycles. The second kappa shape index (κ2) is 7.08. The van der Waals surface area contributed by atoms with Gasteiger partial charge in [-0.2, -0.15) is 0 Å². The van der Waals surface area contributed by atoms with Crippen LogP contribution in [0, 0.1) is 5.82 Å². The Morgan fingerprint density at radius 1 is 1.30 bits per heavy atom. The number of aromatic carboxylic acids is 1. The molecule has 0 saturated carbocycles. The number of benzene rings is 1. The Morgan fingerprint density at radius 2 is 1.90 bits per heavy atom. The van der Waals surface area contributed by atoms with Crippen molar-refractivity contribution in [3.8, 4) is 0 Å². The minimum atomic E-state index is -1.20. The Bertz CT molecular complexity index is 533. The molecule has 0 atom stereocenters. The molecule has 1 aromatic carbocycles. The van der Waals surface area contributed by atoms with E-state index in [2.05, 4.69) is 18.5 Å². The summed E-state index contributed by atoms with van der Waals surface area (Å²) in [6.45, 7) is 7.56. The fourth-order valence-electron chi connectivity index (χ4n) is 1.50. The van der Waals surface area contributed by atoms with Crippen LogP contribution in [0.25, 0.3) is 0 Å². The molecule has 106 valence electrons. The van der Waals surface area contributed by atoms with Crippen molar-refractivity contribution >= 4 is 17.7 Å². The van der Waals surface area contributed by atoms with Crippen LogP contribution in [0.4, 0.5) is 14.9 Å². The van der Waals surface area contributed by atoms with Gasteiger partial charge < -0.3 is 15.3 Å². The molecule has 1 rings (SSSR count). The second-order valence-corrected chi connectivity index (χ2v) is 3.91. The van der Waals surface area contributed by atoms with E-state index in [-0.39, 0.29) is 24.3 Å². The van der Waals surface area contributed by atoms with Gasteiger partial charge in [-0.3, -0.25) is 0 Å². The average molecular weight is 278 g/mol. The second-order valence-electron chi connectivity index (χ2n) is 3.91. The highest BCUT2D eigenvalue weighted by Gasteiger charge is 2.14. The number of hydrogen-bond donors (Lipinski definition) is 2. The van der Waals surface area contributed by atoms with Gasteiger partial charge in [-0.15, -0.1) is 13.2 Å². The lowest BCUT2D eigenvalue weighted by Gasteiger charge is -2.20. The molecule has 5 nitrogen and oxygen atoms in total. The van der Waals surface area contributed by atoms with Crippen LogP contribution in [0.1, 0.15) is 10.4 Å². The molecule has 0 unspecified atom stereocenters. The van der Waals surface area contributed by atoms with Gasteiger partial charge in [-0.1, -0.05) is 12.2 Å². The van der Waals surface area contributed by atoms with Crippen LogP contribution in [0.2, 0.25) is 0 Å². The Kier molecular flexibility index (Phi) is 5.46. The Hall–Kier alpha value is -2.63. The SMILES string of the molecule is C=CCN(CC=C)C(=O)Nc1cc(C(=O)O)ccc1F. The van der Waals surface area contributed by atoms with Gasteiger partial charge in [0.1, 0.15) is 5.82 Å². The minimum Gasteiger partial charge on any atom is -0.478 e. The van der Waals surface area contributed by atoms with Crippen LogP contribution in [-0.2, 0) is 0 Å². The third-order valence-electron chi connectivity index (χ3n) is 2.44. The van der Waals surface area contributed by atoms with Crippen LogP contribution >= 0.6 is 0 Å². The van der Waals surface area contributed by atoms with E-state index in [9.17, 15) is 14.0 Å². The van der Waals surface area contributed by atoms with Crippen molar-refractivity contribution in [2.45, 2.75) is 0 Å². The molecular formula is C14H15FN2O3. The number of urea groups is 1. The third-order valence-corrected chi connectivity index (χ3v) is 2.44. The van der Waals surface area contributed by atoms with Crippen molar-refractivity contribution in [2.24, 2.45) is 0 Å². The fourth-order valence-corrected chi connectivity index (χ4v) is 1.50. The maximum absolute atomic E-state index is 13.6. The van der Waals surface area contributed by atoms with Crippen molar-refractivity contribution in [3.63, 3.8) is 0 Å². The average Bonchev–Trinajstić information content (AvgIpc) is 2.40. The number of nitrogens with zero attached hydrogens (tertiary/aromatic N) is 1. The summed E-state index contributed by atoms with van der Waals surface area (Å²) < 4.78 is 13.6. The van der Waals surface area contributed by atoms with Crippen LogP contribution in [0.3, 0.4) is 0 Å². The number of carbonyl (C=O) groups is 2. The molecule has 0 aliphatic rings. The summed E-state index contributed by atoms with van der Waals surface area (Å²) in [6, 6.07) is 2.62. The molecule has 1 aromatic rings. The zero-order valence-electron chi connectivity index (χ0n) is 10.8. The lowest BCUT2D eigenvalue weighted by molar-refractivity contribution is 0.0697. The summed E-state index contributed by atoms with van der Waals surface area (Å²) in [5.41, 5.74) is -0.297. The van der Waals surface area contributed by atoms with Gasteiger partial charge in [-0.25, -0.2) is 14.0 Å². The van der Waals surface area contributed by atoms with Gasteiger partial charge in [0.15, 0.2) is 0 Å². The molecule has 0 bridgehead atoms. The van der Waals surface area contributed by atoms with E-state index in [0.29, 0.717) is 0 Å². The zero-order valence-corrected chi connectivity index (χ0v) is 10.8. The van der Waals surface area contributed by atoms with E-state index in [1.54, 1.807) is 0 Å². The van der Waals surface area contributed by atoms with E-state index in [4.69, 9.17) is 5.11 Å². The largest absolute Gasteiger partial charge is 0.478 e. The van der Waals surface area contributed by atoms with Gasteiger partial charge in [0, 0.05) is 13.1 Å². The summed E-state index contributed by atoms with van der Waals surface area (Å²) in [4.78, 5) is 24.1. The van der Waals surface area contributed by atoms with E-state index in [1.807, 2.05) is 0 Å². The number of amides is 2. The predicted octanol–water partition coefficient (Wildman–Crippen LogP) is 2.73. The number of hydrogen-bond acceptors (Lipinski definition) is 2. The van der Waals surface area contributed by atoms with Gasteiger partial charge in [0.05, 0.1) is 11.3 Å². The van der Waals surface area contributed by atoms with Crippen molar-refractivity contribution in [2.75, 3.05) is 18.4 Å². The molecular weight excluding hydrogens is 263 g/mol. The summed E-state index contributed by atoms with van der Waals surface area (Å²) in [6.07, 6.45) is 3.04. The maximum atomic E-state index is 13.6. The molecule has 2 N–H and O–H groups in total. The highest BCUT2D eigenvalue weighted by atomic mass is 19.1. The maximum Gasteiger partial charge on any atom is 0.335 e. The van der Waals surface area contributed by atoms with Crippen molar-refractivity contribution in [1.82, 2.24) is 4.90 Å². The fraction of sp³-hybridized carbons (Fsp3) is 0.143. The van der Waals surface area contributed by atoms with E-state index in [1.165, 1.54) is 17.1 Å². The summed E-state index contributed by atoms with van der Waals surface area (Å²) >= 11 is 0. The third kappa shape index (κ3) is 3.94. The van der Waals surface area contributed by atoms with Crippen molar-refractivity contribution < 1.29 is 19.1 Å². The first kappa shape index (κ1) is 15.4. The van der Waals surface area contributed by atoms with E-state index in [0.717, 1.165) is 18.2 Å². The molecule has 0 aliphatic heterocycles. The molecule has 2 amide bonds. The highest BCUT2D eigenvalue weighted by molar-refractivity contribution is 5.93. The Morgan fingerprint density at radius 3 is 2.40 bits per heavy atom. The lowest BCUT2D eigenvalue weighted by atomic mass is 10.2. The van der Waals surface area contributed by atoms with Gasteiger partial charge in [0.2, 0.25) is 0 Å². The molecule has 0 aliphatic carbocycles. The quantitative estimate of drug-likeness (QED) is 0.786. The van der Waals surface area contributed by atoms with Crippen LogP contribution < -0.4 is 5.32 Å². The summed E-state index contributed by atoms with van der Waals surface area (Å²) in [5, 5.41) is 11.2. The Balaban J connectivity index is 2.93. The van der Waals surface area contributed by atoms with Crippen molar-refractivity contribution in [3.05, 3.63) is 54.9 Å². The minimum absolute atomic E-state index is 0.110. The molecule has 0 radical (unpaired) electrons. The number of carbonyl (C=O) groups excluding carboxylic acids is 1. The predicted molar refractivity (Wildman–Crippen MR) is 74.3 cm³/mol. The van der Waals surface area contributed by atoms with Gasteiger partial charge >= 0.3 is 12.0 Å². The molecule has 20 heavy (non-hydrogen) atoms. The van der Waals surface area contributed by atoms with Crippen molar-refractivity contribution in [1.29, 1.82) is 0 Å². The molecule has 0 saturated heterocycles. The molecule has 0 spiro atoms. The smallest absolute Gasteiger partial charge is 0.335 e. The number of halogens is 1. The Labute approximate surface area is 116 Å². The molecule has 0 heterocycles. The normalized spacial score (nSPS) is 9.65. The summed E-state index contributed by atoms with van der Waals surface area (Å²) in [7, 11) is 0. The van der Waals surface area contributed by atoms with Crippen LogP contribution in [0.15, 0.2) is 43.5 Å². The van der Waals surface area contributed by atoms with Gasteiger partial charge in [-0.05, 0) is 18.2 Å². The lowest BCUT2D eigenvalue weighted by Crippen LogP contribution is -2.35. The highest BCUT2D eigenvalue weighted by Crippen LogP contribution is 2.17. The topological polar surface area (TPSA) is 69.6 Å². The van der Waals surface area contributed by atoms with Gasteiger partial charge in [0.25, 0.3) is 0 Å². The van der Waals surface area contributed by atoms with Crippen LogP contribution in [0.5, 0.6) is 0 Å². The number of rotatable bonds is 6. The number of nitrogens with one attached hydrogen (secondary N) is 1. The van der Waals surface area contributed by atoms with E-state index < -0.39 is 17.8 Å². The molecule has 6 heteroatoms. The summed E-state index contributed by atoms with van der Waals surface area (Å²) in [5.74, 6) is -1.91. The first-order chi connectivity index (χ1) is 9.49. The number of carboxylic acids is 1. The van der Waals surface area contributed by atoms with Crippen LogP contribution in [-0.4, -0.2) is 35.1 Å². The first-order valence-electron chi connectivity index (χ1n) is 5.80. The monoisotopic (exact) mass is 278 g/mol. The number of carboxylic acid groups (broad SMARTS) is 1. The number of anilines is 1. The zero-order chi connectivity index (χ0) is 15.1. The standard InChI is InChI=1S/C14H15FN2O3/c1-3-7-17(8-4-2)14(20)16-12-9-10(13(18)19)5-6-11(12)15/h3-6,9H,1-2,7-8H2,(H,16,20)(H,18,19). The first-order valence-corrected chi connectivity index (χ1v) is 5.80. The van der Waals surface area contributed by atoms with E-state index >= 15 is 0 Å². The molecule has 0 fully saturated rings.